The number of para-hydroxylation sites is 1. The Morgan fingerprint density at radius 1 is 1.03 bits per heavy atom. The average Bonchev–Trinajstić information content (AvgIpc) is 3.07. The molecule has 1 aromatic carbocycles. The molecule has 4 rings (SSSR count). The van der Waals surface area contributed by atoms with Crippen LogP contribution in [0.2, 0.25) is 5.15 Å². The lowest BCUT2D eigenvalue weighted by Gasteiger charge is -2.35. The fraction of sp³-hybridized carbons (Fsp3) is 0.391. The zero-order valence-electron chi connectivity index (χ0n) is 18.3. The van der Waals surface area contributed by atoms with Gasteiger partial charge in [0.15, 0.2) is 0 Å². The number of carbonyl (C=O) groups is 1. The first kappa shape index (κ1) is 21.3. The van der Waals surface area contributed by atoms with Gasteiger partial charge in [-0.3, -0.25) is 4.79 Å². The van der Waals surface area contributed by atoms with Crippen LogP contribution in [-0.4, -0.2) is 56.7 Å². The van der Waals surface area contributed by atoms with E-state index in [2.05, 4.69) is 28.8 Å². The van der Waals surface area contributed by atoms with E-state index in [4.69, 9.17) is 16.6 Å². The summed E-state index contributed by atoms with van der Waals surface area (Å²) < 4.78 is 1.62. The van der Waals surface area contributed by atoms with Gasteiger partial charge in [0.05, 0.1) is 16.9 Å². The number of nitrogens with zero attached hydrogens (tertiary/aromatic N) is 6. The van der Waals surface area contributed by atoms with E-state index in [1.54, 1.807) is 4.68 Å². The zero-order valence-corrected chi connectivity index (χ0v) is 19.1. The Labute approximate surface area is 187 Å². The summed E-state index contributed by atoms with van der Waals surface area (Å²) in [4.78, 5) is 26.6. The lowest BCUT2D eigenvalue weighted by Crippen LogP contribution is -2.49. The topological polar surface area (TPSA) is 67.2 Å². The maximum Gasteiger partial charge on any atom is 0.259 e. The van der Waals surface area contributed by atoms with Gasteiger partial charge in [-0.05, 0) is 26.0 Å². The molecule has 7 nitrogen and oxygen atoms in total. The number of amides is 1. The van der Waals surface area contributed by atoms with Crippen molar-refractivity contribution in [3.8, 4) is 5.69 Å². The molecule has 0 radical (unpaired) electrons. The summed E-state index contributed by atoms with van der Waals surface area (Å²) in [5.41, 5.74) is 2.90. The van der Waals surface area contributed by atoms with E-state index in [1.807, 2.05) is 55.1 Å². The number of carbonyl (C=O) groups excluding carboxylic acids is 1. The van der Waals surface area contributed by atoms with Crippen molar-refractivity contribution in [1.29, 1.82) is 0 Å². The minimum atomic E-state index is -0.0777. The fourth-order valence-electron chi connectivity index (χ4n) is 3.77. The number of aromatic nitrogens is 4. The number of hydrogen-bond acceptors (Lipinski definition) is 5. The molecule has 1 aliphatic rings. The van der Waals surface area contributed by atoms with Gasteiger partial charge in [-0.15, -0.1) is 0 Å². The zero-order chi connectivity index (χ0) is 22.1. The first-order valence-corrected chi connectivity index (χ1v) is 10.9. The van der Waals surface area contributed by atoms with Gasteiger partial charge in [0.2, 0.25) is 0 Å². The molecule has 0 N–H and O–H groups in total. The maximum absolute atomic E-state index is 13.3. The first-order valence-electron chi connectivity index (χ1n) is 10.6. The van der Waals surface area contributed by atoms with Crippen molar-refractivity contribution in [2.75, 3.05) is 31.1 Å². The van der Waals surface area contributed by atoms with Crippen molar-refractivity contribution in [3.63, 3.8) is 0 Å². The Kier molecular flexibility index (Phi) is 5.96. The average molecular weight is 439 g/mol. The van der Waals surface area contributed by atoms with Crippen LogP contribution in [0.1, 0.15) is 47.3 Å². The minimum absolute atomic E-state index is 0.0777. The van der Waals surface area contributed by atoms with Gasteiger partial charge in [0.25, 0.3) is 5.91 Å². The van der Waals surface area contributed by atoms with E-state index >= 15 is 0 Å². The lowest BCUT2D eigenvalue weighted by atomic mass is 10.2. The Bertz CT molecular complexity index is 1090. The van der Waals surface area contributed by atoms with E-state index in [9.17, 15) is 4.79 Å². The Balaban J connectivity index is 1.50. The van der Waals surface area contributed by atoms with Crippen LogP contribution in [-0.2, 0) is 0 Å². The van der Waals surface area contributed by atoms with Crippen LogP contribution < -0.4 is 4.90 Å². The van der Waals surface area contributed by atoms with Crippen molar-refractivity contribution >= 4 is 23.3 Å². The highest BCUT2D eigenvalue weighted by atomic mass is 35.5. The molecule has 0 spiro atoms. The second kappa shape index (κ2) is 8.67. The molecule has 1 saturated heterocycles. The fourth-order valence-corrected chi connectivity index (χ4v) is 4.13. The Hall–Kier alpha value is -2.93. The molecule has 1 amide bonds. The van der Waals surface area contributed by atoms with E-state index in [-0.39, 0.29) is 11.8 Å². The predicted molar refractivity (Wildman–Crippen MR) is 122 cm³/mol. The number of hydrogen-bond donors (Lipinski definition) is 0. The highest BCUT2D eigenvalue weighted by Gasteiger charge is 2.28. The van der Waals surface area contributed by atoms with Crippen molar-refractivity contribution in [1.82, 2.24) is 24.6 Å². The summed E-state index contributed by atoms with van der Waals surface area (Å²) in [6.07, 6.45) is 0. The SMILES string of the molecule is Cc1cc(N2CCN(C(=O)c3c(C)nn(-c4ccccc4)c3Cl)CC2)nc(C(C)C)n1. The van der Waals surface area contributed by atoms with Crippen molar-refractivity contribution in [3.05, 3.63) is 64.3 Å². The molecule has 0 atom stereocenters. The van der Waals surface area contributed by atoms with Crippen molar-refractivity contribution in [2.24, 2.45) is 0 Å². The van der Waals surface area contributed by atoms with Gasteiger partial charge < -0.3 is 9.80 Å². The molecule has 8 heteroatoms. The normalized spacial score (nSPS) is 14.4. The standard InChI is InChI=1S/C23H27ClN6O/c1-15(2)22-25-16(3)14-19(26-22)28-10-12-29(13-11-28)23(31)20-17(4)27-30(21(20)24)18-8-6-5-7-9-18/h5-9,14-15H,10-13H2,1-4H3. The van der Waals surface area contributed by atoms with Gasteiger partial charge >= 0.3 is 0 Å². The highest BCUT2D eigenvalue weighted by Crippen LogP contribution is 2.26. The maximum atomic E-state index is 13.3. The van der Waals surface area contributed by atoms with Crippen molar-refractivity contribution in [2.45, 2.75) is 33.6 Å². The van der Waals surface area contributed by atoms with Crippen LogP contribution in [0, 0.1) is 13.8 Å². The molecule has 3 heterocycles. The van der Waals surface area contributed by atoms with Crippen LogP contribution in [0.3, 0.4) is 0 Å². The van der Waals surface area contributed by atoms with Crippen molar-refractivity contribution < 1.29 is 4.79 Å². The van der Waals surface area contributed by atoms with Crippen LogP contribution in [0.5, 0.6) is 0 Å². The van der Waals surface area contributed by atoms with Gasteiger partial charge in [-0.25, -0.2) is 14.6 Å². The summed E-state index contributed by atoms with van der Waals surface area (Å²) >= 11 is 6.59. The molecule has 162 valence electrons. The van der Waals surface area contributed by atoms with E-state index in [1.165, 1.54) is 0 Å². The summed E-state index contributed by atoms with van der Waals surface area (Å²) in [5.74, 6) is 1.97. The first-order chi connectivity index (χ1) is 14.8. The van der Waals surface area contributed by atoms with Gasteiger partial charge in [0.1, 0.15) is 16.8 Å². The third-order valence-corrected chi connectivity index (χ3v) is 5.83. The number of aryl methyl sites for hydroxylation is 2. The summed E-state index contributed by atoms with van der Waals surface area (Å²) in [5, 5.41) is 4.86. The monoisotopic (exact) mass is 438 g/mol. The summed E-state index contributed by atoms with van der Waals surface area (Å²) in [7, 11) is 0. The summed E-state index contributed by atoms with van der Waals surface area (Å²) in [6.45, 7) is 10.6. The molecule has 0 bridgehead atoms. The third kappa shape index (κ3) is 4.28. The second-order valence-electron chi connectivity index (χ2n) is 8.16. The Morgan fingerprint density at radius 3 is 2.35 bits per heavy atom. The molecule has 0 aliphatic carbocycles. The van der Waals surface area contributed by atoms with E-state index in [0.29, 0.717) is 42.6 Å². The van der Waals surface area contributed by atoms with Crippen LogP contribution in [0.4, 0.5) is 5.82 Å². The number of halogens is 1. The largest absolute Gasteiger partial charge is 0.353 e. The molecule has 1 fully saturated rings. The molecule has 31 heavy (non-hydrogen) atoms. The minimum Gasteiger partial charge on any atom is -0.353 e. The number of rotatable bonds is 4. The molecule has 0 unspecified atom stereocenters. The summed E-state index contributed by atoms with van der Waals surface area (Å²) in [6, 6.07) is 11.6. The molecule has 3 aromatic rings. The van der Waals surface area contributed by atoms with Crippen LogP contribution >= 0.6 is 11.6 Å². The van der Waals surface area contributed by atoms with Gasteiger partial charge in [0, 0.05) is 43.9 Å². The number of benzene rings is 1. The van der Waals surface area contributed by atoms with Gasteiger partial charge in [-0.2, -0.15) is 5.10 Å². The van der Waals surface area contributed by atoms with Crippen LogP contribution in [0.25, 0.3) is 5.69 Å². The molecule has 0 saturated carbocycles. The molecule has 1 aliphatic heterocycles. The number of anilines is 1. The number of piperazine rings is 1. The molecule has 2 aromatic heterocycles. The van der Waals surface area contributed by atoms with E-state index < -0.39 is 0 Å². The molecular weight excluding hydrogens is 412 g/mol. The molecular formula is C23H27ClN6O. The predicted octanol–water partition coefficient (Wildman–Crippen LogP) is 4.02. The van der Waals surface area contributed by atoms with Gasteiger partial charge in [-0.1, -0.05) is 43.6 Å². The van der Waals surface area contributed by atoms with Crippen LogP contribution in [0.15, 0.2) is 36.4 Å². The quantitative estimate of drug-likeness (QED) is 0.615. The third-order valence-electron chi connectivity index (χ3n) is 5.48. The van der Waals surface area contributed by atoms with E-state index in [0.717, 1.165) is 23.0 Å². The second-order valence-corrected chi connectivity index (χ2v) is 8.52. The highest BCUT2D eigenvalue weighted by molar-refractivity contribution is 6.33. The lowest BCUT2D eigenvalue weighted by molar-refractivity contribution is 0.0746. The Morgan fingerprint density at radius 2 is 1.71 bits per heavy atom. The smallest absolute Gasteiger partial charge is 0.259 e.